The molecule has 1 aliphatic heterocycles. The van der Waals surface area contributed by atoms with Crippen molar-refractivity contribution in [3.8, 4) is 5.88 Å². The number of aromatic nitrogens is 1. The van der Waals surface area contributed by atoms with Crippen LogP contribution in [0.2, 0.25) is 0 Å². The van der Waals surface area contributed by atoms with Gasteiger partial charge in [-0.2, -0.15) is 0 Å². The molecule has 1 aliphatic rings. The lowest BCUT2D eigenvalue weighted by molar-refractivity contribution is 0.0138. The molecule has 1 fully saturated rings. The van der Waals surface area contributed by atoms with Crippen molar-refractivity contribution in [2.24, 2.45) is 5.92 Å². The van der Waals surface area contributed by atoms with Crippen LogP contribution in [0.4, 0.5) is 4.79 Å². The fourth-order valence-electron chi connectivity index (χ4n) is 2.51. The van der Waals surface area contributed by atoms with E-state index in [9.17, 15) is 4.79 Å². The average Bonchev–Trinajstić information content (AvgIpc) is 2.45. The molecule has 1 aromatic heterocycles. The van der Waals surface area contributed by atoms with Crippen LogP contribution in [0.1, 0.15) is 39.2 Å². The van der Waals surface area contributed by atoms with Crippen molar-refractivity contribution in [1.82, 2.24) is 9.88 Å². The zero-order valence-electron chi connectivity index (χ0n) is 14.0. The normalized spacial score (nSPS) is 18.9. The van der Waals surface area contributed by atoms with E-state index in [0.29, 0.717) is 24.9 Å². The number of hydrogen-bond donors (Lipinski definition) is 0. The van der Waals surface area contributed by atoms with Gasteiger partial charge in [0.2, 0.25) is 5.88 Å². The minimum Gasteiger partial charge on any atom is -0.477 e. The second-order valence-corrected chi connectivity index (χ2v) is 6.87. The number of rotatable bonds is 3. The number of carbonyl (C=O) groups excluding carboxylic acids is 1. The average molecular weight is 306 g/mol. The van der Waals surface area contributed by atoms with Gasteiger partial charge in [-0.15, -0.1) is 0 Å². The Morgan fingerprint density at radius 1 is 1.45 bits per heavy atom. The Morgan fingerprint density at radius 3 is 2.91 bits per heavy atom. The maximum atomic E-state index is 12.1. The maximum Gasteiger partial charge on any atom is 0.410 e. The third kappa shape index (κ3) is 4.90. The van der Waals surface area contributed by atoms with Crippen molar-refractivity contribution in [2.75, 3.05) is 19.7 Å². The van der Waals surface area contributed by atoms with Gasteiger partial charge in [0.25, 0.3) is 0 Å². The molecule has 0 N–H and O–H groups in total. The molecule has 0 saturated carbocycles. The molecular formula is C17H26N2O3. The number of nitrogens with zero attached hydrogens (tertiary/aromatic N) is 2. The van der Waals surface area contributed by atoms with Crippen LogP contribution in [-0.2, 0) is 4.74 Å². The molecular weight excluding hydrogens is 280 g/mol. The topological polar surface area (TPSA) is 51.7 Å². The summed E-state index contributed by atoms with van der Waals surface area (Å²) < 4.78 is 11.3. The van der Waals surface area contributed by atoms with Crippen LogP contribution in [0.3, 0.4) is 0 Å². The molecule has 1 unspecified atom stereocenters. The van der Waals surface area contributed by atoms with Crippen molar-refractivity contribution in [2.45, 2.75) is 46.1 Å². The van der Waals surface area contributed by atoms with Crippen molar-refractivity contribution >= 4 is 6.09 Å². The van der Waals surface area contributed by atoms with Crippen LogP contribution in [0.15, 0.2) is 18.3 Å². The molecule has 1 amide bonds. The summed E-state index contributed by atoms with van der Waals surface area (Å²) in [6.45, 7) is 9.67. The second-order valence-electron chi connectivity index (χ2n) is 6.87. The largest absolute Gasteiger partial charge is 0.477 e. The third-order valence-corrected chi connectivity index (χ3v) is 3.59. The number of amides is 1. The lowest BCUT2D eigenvalue weighted by Gasteiger charge is -2.34. The molecule has 0 aromatic carbocycles. The van der Waals surface area contributed by atoms with Gasteiger partial charge < -0.3 is 14.4 Å². The van der Waals surface area contributed by atoms with Gasteiger partial charge in [-0.3, -0.25) is 0 Å². The Kier molecular flexibility index (Phi) is 5.27. The first kappa shape index (κ1) is 16.6. The fraction of sp³-hybridized carbons (Fsp3) is 0.647. The lowest BCUT2D eigenvalue weighted by atomic mass is 9.99. The fourth-order valence-corrected chi connectivity index (χ4v) is 2.51. The first-order chi connectivity index (χ1) is 10.3. The monoisotopic (exact) mass is 306 g/mol. The number of likely N-dealkylation sites (tertiary alicyclic amines) is 1. The summed E-state index contributed by atoms with van der Waals surface area (Å²) in [5, 5.41) is 0. The zero-order chi connectivity index (χ0) is 16.2. The summed E-state index contributed by atoms with van der Waals surface area (Å²) in [5.41, 5.74) is 0.577. The van der Waals surface area contributed by atoms with Crippen LogP contribution < -0.4 is 4.74 Å². The van der Waals surface area contributed by atoms with Crippen LogP contribution in [0.25, 0.3) is 0 Å². The highest BCUT2D eigenvalue weighted by molar-refractivity contribution is 5.68. The highest BCUT2D eigenvalue weighted by atomic mass is 16.6. The van der Waals surface area contributed by atoms with Crippen LogP contribution in [0.5, 0.6) is 5.88 Å². The molecule has 0 bridgehead atoms. The summed E-state index contributed by atoms with van der Waals surface area (Å²) in [6, 6.07) is 3.88. The first-order valence-corrected chi connectivity index (χ1v) is 7.87. The molecule has 1 atom stereocenters. The number of pyridine rings is 1. The Labute approximate surface area is 132 Å². The van der Waals surface area contributed by atoms with Crippen molar-refractivity contribution in [3.05, 3.63) is 23.9 Å². The Morgan fingerprint density at radius 2 is 2.23 bits per heavy atom. The molecule has 0 radical (unpaired) electrons. The van der Waals surface area contributed by atoms with E-state index in [1.807, 2.05) is 39.8 Å². The molecule has 122 valence electrons. The van der Waals surface area contributed by atoms with Gasteiger partial charge in [0, 0.05) is 30.8 Å². The third-order valence-electron chi connectivity index (χ3n) is 3.59. The van der Waals surface area contributed by atoms with Gasteiger partial charge in [-0.05, 0) is 46.6 Å². The number of hydrogen-bond acceptors (Lipinski definition) is 4. The van der Waals surface area contributed by atoms with Gasteiger partial charge >= 0.3 is 6.09 Å². The molecule has 1 saturated heterocycles. The zero-order valence-corrected chi connectivity index (χ0v) is 14.0. The molecule has 22 heavy (non-hydrogen) atoms. The summed E-state index contributed by atoms with van der Waals surface area (Å²) >= 11 is 0. The SMILES string of the molecule is Cc1cccnc1OCC1CCCN(C(=O)OC(C)(C)C)C1. The molecule has 0 spiro atoms. The van der Waals surface area contributed by atoms with Gasteiger partial charge in [0.05, 0.1) is 6.61 Å². The molecule has 0 aliphatic carbocycles. The van der Waals surface area contributed by atoms with E-state index >= 15 is 0 Å². The minimum atomic E-state index is -0.453. The Hall–Kier alpha value is -1.78. The summed E-state index contributed by atoms with van der Waals surface area (Å²) in [4.78, 5) is 18.2. The van der Waals surface area contributed by atoms with E-state index in [-0.39, 0.29) is 6.09 Å². The van der Waals surface area contributed by atoms with Gasteiger partial charge in [-0.1, -0.05) is 6.07 Å². The maximum absolute atomic E-state index is 12.1. The standard InChI is InChI=1S/C17H26N2O3/c1-13-7-5-9-18-15(13)21-12-14-8-6-10-19(11-14)16(20)22-17(2,3)4/h5,7,9,14H,6,8,10-12H2,1-4H3. The number of ether oxygens (including phenoxy) is 2. The van der Waals surface area contributed by atoms with Crippen molar-refractivity contribution in [1.29, 1.82) is 0 Å². The highest BCUT2D eigenvalue weighted by Crippen LogP contribution is 2.21. The second kappa shape index (κ2) is 6.99. The van der Waals surface area contributed by atoms with E-state index in [2.05, 4.69) is 4.98 Å². The number of aryl methyl sites for hydroxylation is 1. The van der Waals surface area contributed by atoms with Crippen LogP contribution in [0, 0.1) is 12.8 Å². The summed E-state index contributed by atoms with van der Waals surface area (Å²) in [7, 11) is 0. The van der Waals surface area contributed by atoms with E-state index in [1.54, 1.807) is 11.1 Å². The van der Waals surface area contributed by atoms with Crippen molar-refractivity contribution < 1.29 is 14.3 Å². The first-order valence-electron chi connectivity index (χ1n) is 7.87. The molecule has 2 rings (SSSR count). The minimum absolute atomic E-state index is 0.230. The smallest absolute Gasteiger partial charge is 0.410 e. The van der Waals surface area contributed by atoms with E-state index in [1.165, 1.54) is 0 Å². The Bertz CT molecular complexity index is 511. The number of piperidine rings is 1. The van der Waals surface area contributed by atoms with E-state index in [0.717, 1.165) is 24.9 Å². The van der Waals surface area contributed by atoms with Crippen LogP contribution in [-0.4, -0.2) is 41.3 Å². The van der Waals surface area contributed by atoms with Gasteiger partial charge in [-0.25, -0.2) is 9.78 Å². The molecule has 5 nitrogen and oxygen atoms in total. The summed E-state index contributed by atoms with van der Waals surface area (Å²) in [5.74, 6) is 1.000. The van der Waals surface area contributed by atoms with E-state index < -0.39 is 5.60 Å². The number of carbonyl (C=O) groups is 1. The Balaban J connectivity index is 1.86. The molecule has 5 heteroatoms. The predicted molar refractivity (Wildman–Crippen MR) is 85.0 cm³/mol. The van der Waals surface area contributed by atoms with Crippen molar-refractivity contribution in [3.63, 3.8) is 0 Å². The van der Waals surface area contributed by atoms with E-state index in [4.69, 9.17) is 9.47 Å². The molecule has 2 heterocycles. The van der Waals surface area contributed by atoms with Crippen LogP contribution >= 0.6 is 0 Å². The predicted octanol–water partition coefficient (Wildman–Crippen LogP) is 3.42. The van der Waals surface area contributed by atoms with Gasteiger partial charge in [0.15, 0.2) is 0 Å². The molecule has 1 aromatic rings. The van der Waals surface area contributed by atoms with Gasteiger partial charge in [0.1, 0.15) is 5.60 Å². The lowest BCUT2D eigenvalue weighted by Crippen LogP contribution is -2.44. The quantitative estimate of drug-likeness (QED) is 0.858. The highest BCUT2D eigenvalue weighted by Gasteiger charge is 2.28. The summed E-state index contributed by atoms with van der Waals surface area (Å²) in [6.07, 6.45) is 3.54.